The predicted molar refractivity (Wildman–Crippen MR) is 122 cm³/mol. The first kappa shape index (κ1) is 21.3. The lowest BCUT2D eigenvalue weighted by molar-refractivity contribution is -0.116. The smallest absolute Gasteiger partial charge is 0.336 e. The van der Waals surface area contributed by atoms with E-state index in [0.29, 0.717) is 11.2 Å². The number of nitrogens with zero attached hydrogens (tertiary/aromatic N) is 3. The Balaban J connectivity index is 1.81. The monoisotopic (exact) mass is 434 g/mol. The van der Waals surface area contributed by atoms with Crippen molar-refractivity contribution in [3.05, 3.63) is 92.5 Å². The molecule has 0 bridgehead atoms. The van der Waals surface area contributed by atoms with E-state index in [-0.39, 0.29) is 17.7 Å². The molecule has 0 fully saturated rings. The number of benzene rings is 2. The Kier molecular flexibility index (Phi) is 5.52. The zero-order valence-electron chi connectivity index (χ0n) is 18.1. The van der Waals surface area contributed by atoms with E-state index >= 15 is 0 Å². The maximum atomic E-state index is 13.4. The van der Waals surface area contributed by atoms with Crippen molar-refractivity contribution in [1.82, 2.24) is 13.7 Å². The summed E-state index contributed by atoms with van der Waals surface area (Å²) in [6, 6.07) is 14.2. The normalized spacial score (nSPS) is 11.1. The Hall–Kier alpha value is -3.94. The van der Waals surface area contributed by atoms with E-state index in [1.807, 2.05) is 26.0 Å². The van der Waals surface area contributed by atoms with Crippen LogP contribution in [0.4, 0.5) is 10.1 Å². The lowest BCUT2D eigenvalue weighted by Crippen LogP contribution is -2.41. The molecule has 4 aromatic rings. The highest BCUT2D eigenvalue weighted by atomic mass is 19.1. The molecule has 0 aliphatic carbocycles. The van der Waals surface area contributed by atoms with Crippen LogP contribution in [-0.2, 0) is 24.8 Å². The Morgan fingerprint density at radius 2 is 1.69 bits per heavy atom. The quantitative estimate of drug-likeness (QED) is 0.524. The van der Waals surface area contributed by atoms with Gasteiger partial charge in [0.25, 0.3) is 5.56 Å². The van der Waals surface area contributed by atoms with E-state index in [0.717, 1.165) is 22.2 Å². The first-order chi connectivity index (χ1) is 15.3. The van der Waals surface area contributed by atoms with Gasteiger partial charge in [-0.25, -0.2) is 13.8 Å². The van der Waals surface area contributed by atoms with Gasteiger partial charge in [0.1, 0.15) is 17.9 Å². The highest BCUT2D eigenvalue weighted by Crippen LogP contribution is 2.16. The topological polar surface area (TPSA) is 78.0 Å². The molecular weight excluding hydrogens is 411 g/mol. The van der Waals surface area contributed by atoms with E-state index in [1.165, 1.54) is 28.8 Å². The van der Waals surface area contributed by atoms with Gasteiger partial charge < -0.3 is 9.88 Å². The molecular formula is C24H23FN4O3. The predicted octanol–water partition coefficient (Wildman–Crippen LogP) is 3.14. The Labute approximate surface area is 183 Å². The summed E-state index contributed by atoms with van der Waals surface area (Å²) in [5.41, 5.74) is 2.21. The minimum atomic E-state index is -0.670. The summed E-state index contributed by atoms with van der Waals surface area (Å²) >= 11 is 0. The van der Waals surface area contributed by atoms with Crippen molar-refractivity contribution in [1.29, 1.82) is 0 Å². The second-order valence-electron chi connectivity index (χ2n) is 7.66. The molecule has 32 heavy (non-hydrogen) atoms. The molecule has 0 unspecified atom stereocenters. The number of hydrogen-bond acceptors (Lipinski definition) is 3. The minimum Gasteiger partial charge on any atom is -0.342 e. The summed E-state index contributed by atoms with van der Waals surface area (Å²) in [6.07, 6.45) is 0.889. The van der Waals surface area contributed by atoms with Crippen LogP contribution < -0.4 is 16.6 Å². The molecule has 1 N–H and O–H groups in total. The highest BCUT2D eigenvalue weighted by molar-refractivity contribution is 5.91. The SMILES string of the molecule is CCc1ccc(NC(=O)Cn2c(=O)n(-c3ccc(F)cc3)c(=O)c3c2cc(C)n3C)cc1. The van der Waals surface area contributed by atoms with Crippen molar-refractivity contribution in [2.45, 2.75) is 26.8 Å². The van der Waals surface area contributed by atoms with Crippen LogP contribution in [0.1, 0.15) is 18.2 Å². The number of anilines is 1. The number of aryl methyl sites for hydroxylation is 3. The molecule has 0 aliphatic rings. The van der Waals surface area contributed by atoms with Crippen molar-refractivity contribution in [2.75, 3.05) is 5.32 Å². The van der Waals surface area contributed by atoms with Gasteiger partial charge in [0.05, 0.1) is 11.2 Å². The summed E-state index contributed by atoms with van der Waals surface area (Å²) in [7, 11) is 1.72. The maximum absolute atomic E-state index is 13.4. The van der Waals surface area contributed by atoms with Gasteiger partial charge in [-0.05, 0) is 61.4 Å². The van der Waals surface area contributed by atoms with Crippen LogP contribution in [0.5, 0.6) is 0 Å². The van der Waals surface area contributed by atoms with Gasteiger partial charge in [0.15, 0.2) is 0 Å². The van der Waals surface area contributed by atoms with E-state index in [9.17, 15) is 18.8 Å². The van der Waals surface area contributed by atoms with Crippen LogP contribution in [0.2, 0.25) is 0 Å². The van der Waals surface area contributed by atoms with Gasteiger partial charge in [0.2, 0.25) is 5.91 Å². The maximum Gasteiger partial charge on any atom is 0.336 e. The first-order valence-electron chi connectivity index (χ1n) is 10.3. The number of carbonyl (C=O) groups excluding carboxylic acids is 1. The molecule has 0 atom stereocenters. The summed E-state index contributed by atoms with van der Waals surface area (Å²) in [6.45, 7) is 3.57. The zero-order chi connectivity index (χ0) is 23.0. The molecule has 0 saturated carbocycles. The first-order valence-corrected chi connectivity index (χ1v) is 10.3. The lowest BCUT2D eigenvalue weighted by Gasteiger charge is -2.13. The van der Waals surface area contributed by atoms with E-state index in [1.54, 1.807) is 29.8 Å². The molecule has 164 valence electrons. The molecule has 2 aromatic heterocycles. The summed E-state index contributed by atoms with van der Waals surface area (Å²) in [4.78, 5) is 39.3. The lowest BCUT2D eigenvalue weighted by atomic mass is 10.1. The highest BCUT2D eigenvalue weighted by Gasteiger charge is 2.20. The molecule has 7 nitrogen and oxygen atoms in total. The van der Waals surface area contributed by atoms with Crippen LogP contribution in [0, 0.1) is 12.7 Å². The van der Waals surface area contributed by atoms with Crippen LogP contribution in [0.3, 0.4) is 0 Å². The number of rotatable bonds is 5. The fraction of sp³-hybridized carbons (Fsp3) is 0.208. The van der Waals surface area contributed by atoms with Crippen molar-refractivity contribution in [3.8, 4) is 5.69 Å². The van der Waals surface area contributed by atoms with Gasteiger partial charge in [-0.2, -0.15) is 0 Å². The molecule has 0 aliphatic heterocycles. The molecule has 2 heterocycles. The average Bonchev–Trinajstić information content (AvgIpc) is 3.07. The molecule has 4 rings (SSSR count). The fourth-order valence-corrected chi connectivity index (χ4v) is 3.73. The van der Waals surface area contributed by atoms with E-state index in [2.05, 4.69) is 5.32 Å². The Morgan fingerprint density at radius 1 is 1.03 bits per heavy atom. The minimum absolute atomic E-state index is 0.228. The Morgan fingerprint density at radius 3 is 2.31 bits per heavy atom. The van der Waals surface area contributed by atoms with Crippen LogP contribution in [-0.4, -0.2) is 19.6 Å². The number of fused-ring (bicyclic) bond motifs is 1. The van der Waals surface area contributed by atoms with Gasteiger partial charge in [0, 0.05) is 18.4 Å². The molecule has 0 radical (unpaired) electrons. The standard InChI is InChI=1S/C24H23FN4O3/c1-4-16-5-9-18(10-6-16)26-21(30)14-28-20-13-15(2)27(3)22(20)23(31)29(24(28)32)19-11-7-17(25)8-12-19/h5-13H,4,14H2,1-3H3,(H,26,30). The zero-order valence-corrected chi connectivity index (χ0v) is 18.1. The van der Waals surface area contributed by atoms with Crippen molar-refractivity contribution >= 4 is 22.6 Å². The molecule has 0 saturated heterocycles. The number of carbonyl (C=O) groups is 1. The second kappa shape index (κ2) is 8.30. The van der Waals surface area contributed by atoms with E-state index < -0.39 is 23.0 Å². The number of halogens is 1. The van der Waals surface area contributed by atoms with Crippen LogP contribution >= 0.6 is 0 Å². The molecule has 1 amide bonds. The third-order valence-corrected chi connectivity index (χ3v) is 5.60. The average molecular weight is 434 g/mol. The largest absolute Gasteiger partial charge is 0.342 e. The molecule has 0 spiro atoms. The molecule has 2 aromatic carbocycles. The number of hydrogen-bond donors (Lipinski definition) is 1. The summed E-state index contributed by atoms with van der Waals surface area (Å²) in [5.74, 6) is -0.880. The van der Waals surface area contributed by atoms with Gasteiger partial charge in [-0.3, -0.25) is 14.2 Å². The second-order valence-corrected chi connectivity index (χ2v) is 7.66. The molecule has 8 heteroatoms. The van der Waals surface area contributed by atoms with Gasteiger partial charge >= 0.3 is 5.69 Å². The van der Waals surface area contributed by atoms with Crippen LogP contribution in [0.15, 0.2) is 64.2 Å². The van der Waals surface area contributed by atoms with Gasteiger partial charge in [-0.15, -0.1) is 0 Å². The fourth-order valence-electron chi connectivity index (χ4n) is 3.73. The van der Waals surface area contributed by atoms with Crippen molar-refractivity contribution in [3.63, 3.8) is 0 Å². The van der Waals surface area contributed by atoms with Crippen molar-refractivity contribution in [2.24, 2.45) is 7.05 Å². The summed E-state index contributed by atoms with van der Waals surface area (Å²) < 4.78 is 17.3. The third kappa shape index (κ3) is 3.75. The van der Waals surface area contributed by atoms with Gasteiger partial charge in [-0.1, -0.05) is 19.1 Å². The number of nitrogens with one attached hydrogen (secondary N) is 1. The number of aromatic nitrogens is 3. The Bertz CT molecular complexity index is 1430. The van der Waals surface area contributed by atoms with Crippen molar-refractivity contribution < 1.29 is 9.18 Å². The summed E-state index contributed by atoms with van der Waals surface area (Å²) in [5, 5.41) is 2.79. The third-order valence-electron chi connectivity index (χ3n) is 5.60. The number of amides is 1. The van der Waals surface area contributed by atoms with E-state index in [4.69, 9.17) is 0 Å². The van der Waals surface area contributed by atoms with Crippen LogP contribution in [0.25, 0.3) is 16.7 Å².